The van der Waals surface area contributed by atoms with Crippen LogP contribution >= 0.6 is 15.6 Å². The summed E-state index contributed by atoms with van der Waals surface area (Å²) in [4.78, 5) is 72.3. The van der Waals surface area contributed by atoms with Gasteiger partial charge in [-0.2, -0.15) is 0 Å². The lowest BCUT2D eigenvalue weighted by atomic mass is 10.0. The van der Waals surface area contributed by atoms with Crippen molar-refractivity contribution in [2.75, 3.05) is 39.6 Å². The number of rotatable bonds is 64. The topological polar surface area (TPSA) is 237 Å². The lowest BCUT2D eigenvalue weighted by Crippen LogP contribution is -2.30. The first-order valence-corrected chi connectivity index (χ1v) is 37.7. The Labute approximate surface area is 524 Å². The van der Waals surface area contributed by atoms with Crippen molar-refractivity contribution in [2.24, 2.45) is 23.7 Å². The second-order valence-corrected chi connectivity index (χ2v) is 29.0. The minimum atomic E-state index is -4.95. The summed E-state index contributed by atoms with van der Waals surface area (Å²) in [6.07, 6.45) is 37.9. The molecule has 86 heavy (non-hydrogen) atoms. The number of phosphoric acid groups is 2. The third-order valence-corrected chi connectivity index (χ3v) is 17.2. The summed E-state index contributed by atoms with van der Waals surface area (Å²) in [5.74, 6) is 0.737. The van der Waals surface area contributed by atoms with E-state index in [1.54, 1.807) is 0 Å². The molecular formula is C67H130O17P2. The van der Waals surface area contributed by atoms with E-state index < -0.39 is 97.5 Å². The van der Waals surface area contributed by atoms with Crippen LogP contribution in [0.5, 0.6) is 0 Å². The second kappa shape index (κ2) is 57.0. The molecule has 0 fully saturated rings. The fourth-order valence-corrected chi connectivity index (χ4v) is 11.5. The number of carbonyl (C=O) groups excluding carboxylic acids is 4. The van der Waals surface area contributed by atoms with Crippen LogP contribution in [-0.2, 0) is 65.4 Å². The first-order chi connectivity index (χ1) is 41.1. The van der Waals surface area contributed by atoms with Crippen molar-refractivity contribution >= 4 is 39.5 Å². The van der Waals surface area contributed by atoms with Gasteiger partial charge in [0.1, 0.15) is 19.3 Å². The highest BCUT2D eigenvalue weighted by atomic mass is 31.2. The minimum absolute atomic E-state index is 0.102. The summed E-state index contributed by atoms with van der Waals surface area (Å²) in [6, 6.07) is 0. The molecule has 0 heterocycles. The largest absolute Gasteiger partial charge is 0.472 e. The van der Waals surface area contributed by atoms with Crippen LogP contribution in [0.1, 0.15) is 325 Å². The van der Waals surface area contributed by atoms with E-state index in [0.717, 1.165) is 109 Å². The smallest absolute Gasteiger partial charge is 0.462 e. The molecule has 0 amide bonds. The maximum absolute atomic E-state index is 13.0. The van der Waals surface area contributed by atoms with E-state index in [4.69, 9.17) is 37.0 Å². The van der Waals surface area contributed by atoms with Crippen LogP contribution in [0.4, 0.5) is 0 Å². The van der Waals surface area contributed by atoms with Gasteiger partial charge in [-0.3, -0.25) is 37.3 Å². The van der Waals surface area contributed by atoms with Crippen LogP contribution in [-0.4, -0.2) is 96.7 Å². The van der Waals surface area contributed by atoms with Crippen LogP contribution < -0.4 is 0 Å². The van der Waals surface area contributed by atoms with Crippen molar-refractivity contribution in [1.29, 1.82) is 0 Å². The van der Waals surface area contributed by atoms with Crippen LogP contribution in [0.25, 0.3) is 0 Å². The van der Waals surface area contributed by atoms with Crippen molar-refractivity contribution in [2.45, 2.75) is 343 Å². The number of hydrogen-bond donors (Lipinski definition) is 3. The maximum atomic E-state index is 13.0. The normalized spacial score (nSPS) is 14.4. The van der Waals surface area contributed by atoms with Crippen molar-refractivity contribution in [3.05, 3.63) is 0 Å². The molecule has 510 valence electrons. The fourth-order valence-electron chi connectivity index (χ4n) is 9.96. The number of aliphatic hydroxyl groups excluding tert-OH is 1. The number of unbranched alkanes of at least 4 members (excludes halogenated alkanes) is 30. The van der Waals surface area contributed by atoms with E-state index in [1.807, 2.05) is 0 Å². The van der Waals surface area contributed by atoms with Gasteiger partial charge in [0.25, 0.3) is 0 Å². The fraction of sp³-hybridized carbons (Fsp3) is 0.940. The molecule has 17 nitrogen and oxygen atoms in total. The third-order valence-electron chi connectivity index (χ3n) is 15.3. The van der Waals surface area contributed by atoms with Gasteiger partial charge in [0.05, 0.1) is 26.4 Å². The Morgan fingerprint density at radius 1 is 0.291 bits per heavy atom. The van der Waals surface area contributed by atoms with Gasteiger partial charge in [0, 0.05) is 25.7 Å². The number of ether oxygens (including phenoxy) is 4. The highest BCUT2D eigenvalue weighted by Gasteiger charge is 2.30. The molecule has 0 bridgehead atoms. The van der Waals surface area contributed by atoms with E-state index in [-0.39, 0.29) is 25.7 Å². The maximum Gasteiger partial charge on any atom is 0.472 e. The Bertz CT molecular complexity index is 1710. The zero-order valence-corrected chi connectivity index (χ0v) is 57.7. The number of phosphoric ester groups is 2. The summed E-state index contributed by atoms with van der Waals surface area (Å²) in [7, 11) is -9.89. The van der Waals surface area contributed by atoms with Gasteiger partial charge in [-0.1, -0.05) is 274 Å². The molecule has 0 aromatic heterocycles. The standard InChI is InChI=1S/C67H130O17P2/c1-57(2)43-35-27-19-15-13-11-9-10-12-14-16-22-33-41-49-66(71)83-62(53-77-64(69)47-39-31-23-17-20-28-36-44-58(3)4)55-81-85(73,74)79-51-61(68)52-80-86(75,76)82-56-63(54-78-65(70)48-40-32-26-25-30-38-46-60(7)8)84-67(72)50-42-34-24-18-21-29-37-45-59(5)6/h57-63,68H,9-56H2,1-8H3,(H,73,74)(H,75,76)/t61?,62-,63-/m1/s1. The Kier molecular flexibility index (Phi) is 55.7. The molecule has 0 aromatic carbocycles. The van der Waals surface area contributed by atoms with Crippen molar-refractivity contribution in [3.8, 4) is 0 Å². The summed E-state index contributed by atoms with van der Waals surface area (Å²) in [5, 5.41) is 10.5. The van der Waals surface area contributed by atoms with Gasteiger partial charge in [-0.25, -0.2) is 9.13 Å². The quantitative estimate of drug-likeness (QED) is 0.0222. The average molecular weight is 1270 g/mol. The van der Waals surface area contributed by atoms with E-state index >= 15 is 0 Å². The van der Waals surface area contributed by atoms with E-state index in [9.17, 15) is 43.2 Å². The third kappa shape index (κ3) is 60.9. The molecule has 0 aliphatic heterocycles. The zero-order valence-electron chi connectivity index (χ0n) is 55.9. The second-order valence-electron chi connectivity index (χ2n) is 26.1. The van der Waals surface area contributed by atoms with Crippen molar-refractivity contribution in [1.82, 2.24) is 0 Å². The van der Waals surface area contributed by atoms with Gasteiger partial charge in [-0.15, -0.1) is 0 Å². The molecule has 0 aliphatic rings. The molecule has 0 spiro atoms. The lowest BCUT2D eigenvalue weighted by Gasteiger charge is -2.21. The molecule has 19 heteroatoms. The average Bonchev–Trinajstić information content (AvgIpc) is 3.59. The zero-order chi connectivity index (χ0) is 63.9. The lowest BCUT2D eigenvalue weighted by molar-refractivity contribution is -0.161. The molecule has 5 atom stereocenters. The Balaban J connectivity index is 5.21. The molecule has 3 N–H and O–H groups in total. The van der Waals surface area contributed by atoms with Crippen LogP contribution in [0.15, 0.2) is 0 Å². The predicted octanol–water partition coefficient (Wildman–Crippen LogP) is 18.5. The van der Waals surface area contributed by atoms with Gasteiger partial charge in [0.15, 0.2) is 12.2 Å². The highest BCUT2D eigenvalue weighted by Crippen LogP contribution is 2.45. The summed E-state index contributed by atoms with van der Waals surface area (Å²) < 4.78 is 68.1. The Hall–Kier alpha value is -1.94. The minimum Gasteiger partial charge on any atom is -0.462 e. The summed E-state index contributed by atoms with van der Waals surface area (Å²) in [6.45, 7) is 13.9. The molecule has 0 aliphatic carbocycles. The van der Waals surface area contributed by atoms with Gasteiger partial charge in [0.2, 0.25) is 0 Å². The van der Waals surface area contributed by atoms with Crippen molar-refractivity contribution in [3.63, 3.8) is 0 Å². The molecule has 0 saturated heterocycles. The molecule has 0 rings (SSSR count). The van der Waals surface area contributed by atoms with Crippen LogP contribution in [0, 0.1) is 23.7 Å². The van der Waals surface area contributed by atoms with Gasteiger partial charge >= 0.3 is 39.5 Å². The molecule has 0 radical (unpaired) electrons. The number of hydrogen-bond acceptors (Lipinski definition) is 15. The Morgan fingerprint density at radius 2 is 0.488 bits per heavy atom. The van der Waals surface area contributed by atoms with Crippen molar-refractivity contribution < 1.29 is 80.2 Å². The summed E-state index contributed by atoms with van der Waals surface area (Å²) in [5.41, 5.74) is 0. The first-order valence-electron chi connectivity index (χ1n) is 34.7. The number of aliphatic hydroxyl groups is 1. The number of carbonyl (C=O) groups is 4. The SMILES string of the molecule is CC(C)CCCCCCCCCCCCCCCCC(=O)O[C@H](COC(=O)CCCCCCCCCC(C)C)COP(=O)(O)OCC(O)COP(=O)(O)OC[C@@H](COC(=O)CCCCCCCCC(C)C)OC(=O)CCCCCCCCCC(C)C. The van der Waals surface area contributed by atoms with Crippen LogP contribution in [0.2, 0.25) is 0 Å². The van der Waals surface area contributed by atoms with E-state index in [0.29, 0.717) is 43.4 Å². The summed E-state index contributed by atoms with van der Waals surface area (Å²) >= 11 is 0. The molecule has 0 saturated carbocycles. The molecule has 0 aromatic rings. The first kappa shape index (κ1) is 84.1. The van der Waals surface area contributed by atoms with Gasteiger partial charge in [-0.05, 0) is 49.4 Å². The highest BCUT2D eigenvalue weighted by molar-refractivity contribution is 7.47. The number of esters is 4. The molecular weight excluding hydrogens is 1140 g/mol. The van der Waals surface area contributed by atoms with E-state index in [1.165, 1.54) is 116 Å². The predicted molar refractivity (Wildman–Crippen MR) is 344 cm³/mol. The Morgan fingerprint density at radius 3 is 0.721 bits per heavy atom. The van der Waals surface area contributed by atoms with E-state index in [2.05, 4.69) is 55.4 Å². The monoisotopic (exact) mass is 1270 g/mol. The van der Waals surface area contributed by atoms with Crippen LogP contribution in [0.3, 0.4) is 0 Å². The molecule has 3 unspecified atom stereocenters. The van der Waals surface area contributed by atoms with Gasteiger partial charge < -0.3 is 33.8 Å².